The van der Waals surface area contributed by atoms with Gasteiger partial charge in [-0.3, -0.25) is 0 Å². The van der Waals surface area contributed by atoms with E-state index in [0.717, 1.165) is 6.42 Å². The van der Waals surface area contributed by atoms with Gasteiger partial charge in [0.1, 0.15) is 23.7 Å². The highest BCUT2D eigenvalue weighted by Crippen LogP contribution is 2.35. The monoisotopic (exact) mass is 369 g/mol. The number of hydrogen-bond donors (Lipinski definition) is 1. The number of ether oxygens (including phenoxy) is 3. The molecule has 1 saturated carbocycles. The fraction of sp³-hybridized carbons (Fsp3) is 0.538. The predicted octanol–water partition coefficient (Wildman–Crippen LogP) is 3.10. The fourth-order valence-electron chi connectivity index (χ4n) is 2.23. The molecule has 8 heteroatoms. The summed E-state index contributed by atoms with van der Waals surface area (Å²) in [6, 6.07) is 4.31. The van der Waals surface area contributed by atoms with Gasteiger partial charge in [0.05, 0.1) is 4.47 Å². The average Bonchev–Trinajstić information content (AvgIpc) is 2.36. The van der Waals surface area contributed by atoms with Gasteiger partial charge in [0.15, 0.2) is 0 Å². The molecule has 118 valence electrons. The van der Waals surface area contributed by atoms with E-state index in [1.165, 1.54) is 18.2 Å². The third-order valence-electron chi connectivity index (χ3n) is 3.31. The Hall–Kier alpha value is -0.990. The SMILES string of the molecule is CNC1CC(Oc2ccc(OC(F)(F)F)c(Br)c2)C1OC. The van der Waals surface area contributed by atoms with Crippen molar-refractivity contribution in [2.45, 2.75) is 31.0 Å². The molecule has 0 aliphatic heterocycles. The Balaban J connectivity index is 2.01. The number of likely N-dealkylation sites (N-methyl/N-ethyl adjacent to an activating group) is 1. The van der Waals surface area contributed by atoms with Crippen molar-refractivity contribution in [3.8, 4) is 11.5 Å². The van der Waals surface area contributed by atoms with Crippen LogP contribution in [-0.2, 0) is 4.74 Å². The van der Waals surface area contributed by atoms with Crippen molar-refractivity contribution in [3.05, 3.63) is 22.7 Å². The Morgan fingerprint density at radius 2 is 2.05 bits per heavy atom. The Morgan fingerprint density at radius 1 is 1.33 bits per heavy atom. The Bertz CT molecular complexity index is 498. The van der Waals surface area contributed by atoms with Gasteiger partial charge in [-0.1, -0.05) is 0 Å². The van der Waals surface area contributed by atoms with Crippen LogP contribution in [0.15, 0.2) is 22.7 Å². The molecule has 0 aromatic heterocycles. The second-order valence-corrected chi connectivity index (χ2v) is 5.48. The molecule has 1 aliphatic carbocycles. The summed E-state index contributed by atoms with van der Waals surface area (Å²) < 4.78 is 51.6. The minimum atomic E-state index is -4.72. The number of hydrogen-bond acceptors (Lipinski definition) is 4. The molecule has 3 atom stereocenters. The lowest BCUT2D eigenvalue weighted by molar-refractivity contribution is -0.274. The Labute approximate surface area is 128 Å². The zero-order valence-electron chi connectivity index (χ0n) is 11.4. The summed E-state index contributed by atoms with van der Waals surface area (Å²) in [5.41, 5.74) is 0. The molecular formula is C13H15BrF3NO3. The van der Waals surface area contributed by atoms with E-state index in [-0.39, 0.29) is 28.5 Å². The molecule has 1 fully saturated rings. The molecule has 1 aliphatic rings. The van der Waals surface area contributed by atoms with Gasteiger partial charge in [-0.25, -0.2) is 0 Å². The molecule has 0 heterocycles. The van der Waals surface area contributed by atoms with Gasteiger partial charge in [0.25, 0.3) is 0 Å². The second kappa shape index (κ2) is 6.41. The van der Waals surface area contributed by atoms with E-state index in [9.17, 15) is 13.2 Å². The van der Waals surface area contributed by atoms with Crippen molar-refractivity contribution in [2.75, 3.05) is 14.2 Å². The lowest BCUT2D eigenvalue weighted by atomic mass is 9.85. The molecule has 0 radical (unpaired) electrons. The van der Waals surface area contributed by atoms with Crippen LogP contribution in [0.1, 0.15) is 6.42 Å². The zero-order chi connectivity index (χ0) is 15.6. The van der Waals surface area contributed by atoms with Gasteiger partial charge >= 0.3 is 6.36 Å². The third kappa shape index (κ3) is 4.02. The van der Waals surface area contributed by atoms with E-state index < -0.39 is 6.36 Å². The minimum absolute atomic E-state index is 0.0834. The molecule has 0 bridgehead atoms. The molecule has 2 rings (SSSR count). The van der Waals surface area contributed by atoms with Crippen LogP contribution >= 0.6 is 15.9 Å². The molecule has 4 nitrogen and oxygen atoms in total. The molecule has 0 spiro atoms. The average molecular weight is 370 g/mol. The maximum Gasteiger partial charge on any atom is 0.573 e. The summed E-state index contributed by atoms with van der Waals surface area (Å²) >= 11 is 3.04. The number of benzene rings is 1. The first-order valence-electron chi connectivity index (χ1n) is 6.26. The number of rotatable bonds is 5. The van der Waals surface area contributed by atoms with Crippen molar-refractivity contribution in [2.24, 2.45) is 0 Å². The van der Waals surface area contributed by atoms with Gasteiger partial charge in [0, 0.05) is 19.6 Å². The van der Waals surface area contributed by atoms with Crippen molar-refractivity contribution in [3.63, 3.8) is 0 Å². The molecule has 1 aromatic carbocycles. The molecular weight excluding hydrogens is 355 g/mol. The summed E-state index contributed by atoms with van der Waals surface area (Å²) in [5.74, 6) is 0.151. The Kier molecular flexibility index (Phi) is 5.00. The molecule has 21 heavy (non-hydrogen) atoms. The first-order chi connectivity index (χ1) is 9.84. The van der Waals surface area contributed by atoms with Crippen LogP contribution in [0.4, 0.5) is 13.2 Å². The number of nitrogens with one attached hydrogen (secondary N) is 1. The van der Waals surface area contributed by atoms with Crippen LogP contribution < -0.4 is 14.8 Å². The largest absolute Gasteiger partial charge is 0.573 e. The molecule has 0 amide bonds. The molecule has 1 aromatic rings. The van der Waals surface area contributed by atoms with Gasteiger partial charge in [-0.15, -0.1) is 13.2 Å². The van der Waals surface area contributed by atoms with Gasteiger partial charge in [-0.05, 0) is 41.2 Å². The first-order valence-corrected chi connectivity index (χ1v) is 7.05. The third-order valence-corrected chi connectivity index (χ3v) is 3.93. The molecule has 3 unspecified atom stereocenters. The highest BCUT2D eigenvalue weighted by atomic mass is 79.9. The lowest BCUT2D eigenvalue weighted by Crippen LogP contribution is -2.60. The fourth-order valence-corrected chi connectivity index (χ4v) is 2.67. The summed E-state index contributed by atoms with van der Waals surface area (Å²) in [7, 11) is 3.44. The van der Waals surface area contributed by atoms with Crippen molar-refractivity contribution >= 4 is 15.9 Å². The van der Waals surface area contributed by atoms with E-state index in [2.05, 4.69) is 26.0 Å². The minimum Gasteiger partial charge on any atom is -0.488 e. The van der Waals surface area contributed by atoms with Crippen LogP contribution in [-0.4, -0.2) is 38.8 Å². The van der Waals surface area contributed by atoms with E-state index in [1.54, 1.807) is 7.11 Å². The van der Waals surface area contributed by atoms with E-state index >= 15 is 0 Å². The lowest BCUT2D eigenvalue weighted by Gasteiger charge is -2.43. The first kappa shape index (κ1) is 16.4. The van der Waals surface area contributed by atoms with Crippen LogP contribution in [0.3, 0.4) is 0 Å². The standard InChI is InChI=1S/C13H15BrF3NO3/c1-18-9-6-11(12(9)19-2)20-7-3-4-10(8(14)5-7)21-13(15,16)17/h3-5,9,11-12,18H,6H2,1-2H3. The second-order valence-electron chi connectivity index (χ2n) is 4.63. The number of methoxy groups -OCH3 is 1. The van der Waals surface area contributed by atoms with Crippen molar-refractivity contribution in [1.82, 2.24) is 5.32 Å². The number of halogens is 4. The normalized spacial score (nSPS) is 25.3. The van der Waals surface area contributed by atoms with Crippen molar-refractivity contribution in [1.29, 1.82) is 0 Å². The van der Waals surface area contributed by atoms with E-state index in [1.807, 2.05) is 7.05 Å². The van der Waals surface area contributed by atoms with Crippen LogP contribution in [0.2, 0.25) is 0 Å². The highest BCUT2D eigenvalue weighted by molar-refractivity contribution is 9.10. The summed E-state index contributed by atoms with van der Waals surface area (Å²) in [5, 5.41) is 3.11. The van der Waals surface area contributed by atoms with Gasteiger partial charge in [-0.2, -0.15) is 0 Å². The maximum absolute atomic E-state index is 12.2. The van der Waals surface area contributed by atoms with E-state index in [0.29, 0.717) is 5.75 Å². The van der Waals surface area contributed by atoms with E-state index in [4.69, 9.17) is 9.47 Å². The smallest absolute Gasteiger partial charge is 0.488 e. The van der Waals surface area contributed by atoms with Gasteiger partial charge in [0.2, 0.25) is 0 Å². The summed E-state index contributed by atoms with van der Waals surface area (Å²) in [6.07, 6.45) is -4.17. The molecule has 1 N–H and O–H groups in total. The maximum atomic E-state index is 12.2. The number of alkyl halides is 3. The summed E-state index contributed by atoms with van der Waals surface area (Å²) in [6.45, 7) is 0. The predicted molar refractivity (Wildman–Crippen MR) is 73.5 cm³/mol. The Morgan fingerprint density at radius 3 is 2.57 bits per heavy atom. The van der Waals surface area contributed by atoms with Crippen LogP contribution in [0, 0.1) is 0 Å². The van der Waals surface area contributed by atoms with Gasteiger partial charge < -0.3 is 19.5 Å². The molecule has 0 saturated heterocycles. The quantitative estimate of drug-likeness (QED) is 0.865. The summed E-state index contributed by atoms with van der Waals surface area (Å²) in [4.78, 5) is 0. The zero-order valence-corrected chi connectivity index (χ0v) is 13.0. The van der Waals surface area contributed by atoms with Crippen molar-refractivity contribution < 1.29 is 27.4 Å². The van der Waals surface area contributed by atoms with Crippen LogP contribution in [0.5, 0.6) is 11.5 Å². The van der Waals surface area contributed by atoms with Crippen LogP contribution in [0.25, 0.3) is 0 Å². The highest BCUT2D eigenvalue weighted by Gasteiger charge is 2.42. The topological polar surface area (TPSA) is 39.7 Å².